The van der Waals surface area contributed by atoms with Gasteiger partial charge in [0, 0.05) is 5.41 Å². The summed E-state index contributed by atoms with van der Waals surface area (Å²) in [5.74, 6) is 0.963. The van der Waals surface area contributed by atoms with Gasteiger partial charge in [0.2, 0.25) is 15.9 Å². The number of nitrogens with zero attached hydrogens (tertiary/aromatic N) is 1. The second-order valence-corrected chi connectivity index (χ2v) is 10.6. The fraction of sp³-hybridized carbons (Fsp3) is 0.348. The smallest absolute Gasteiger partial charge is 0.401 e. The molecule has 10 heteroatoms. The Balaban J connectivity index is 1.75. The van der Waals surface area contributed by atoms with Crippen LogP contribution in [0.1, 0.15) is 44.7 Å². The van der Waals surface area contributed by atoms with Crippen LogP contribution in [0.5, 0.6) is 17.6 Å². The molecule has 178 valence electrons. The zero-order valence-corrected chi connectivity index (χ0v) is 21.1. The van der Waals surface area contributed by atoms with Gasteiger partial charge in [-0.1, -0.05) is 62.5 Å². The molecule has 0 saturated heterocycles. The maximum Gasteiger partial charge on any atom is 0.401 e. The van der Waals surface area contributed by atoms with Gasteiger partial charge in [-0.2, -0.15) is 4.98 Å². The summed E-state index contributed by atoms with van der Waals surface area (Å²) >= 11 is 13.0. The fourth-order valence-electron chi connectivity index (χ4n) is 3.12. The second-order valence-electron chi connectivity index (χ2n) is 8.09. The molecular weight excluding hydrogens is 487 g/mol. The first kappa shape index (κ1) is 25.2. The summed E-state index contributed by atoms with van der Waals surface area (Å²) in [5.41, 5.74) is 1.55. The first-order valence-corrected chi connectivity index (χ1v) is 13.0. The number of nitrogens with one attached hydrogen (secondary N) is 1. The van der Waals surface area contributed by atoms with Gasteiger partial charge in [-0.05, 0) is 41.8 Å². The predicted octanol–water partition coefficient (Wildman–Crippen LogP) is 6.65. The average Bonchev–Trinajstić information content (AvgIpc) is 3.15. The summed E-state index contributed by atoms with van der Waals surface area (Å²) in [6, 6.07) is 11.1. The van der Waals surface area contributed by atoms with Crippen LogP contribution in [-0.4, -0.2) is 26.3 Å². The van der Waals surface area contributed by atoms with Crippen LogP contribution in [0, 0.1) is 0 Å². The number of ether oxygens (including phenoxy) is 2. The summed E-state index contributed by atoms with van der Waals surface area (Å²) in [6.45, 7) is 6.79. The molecule has 0 fully saturated rings. The third-order valence-corrected chi connectivity index (χ3v) is 6.15. The van der Waals surface area contributed by atoms with E-state index >= 15 is 0 Å². The maximum absolute atomic E-state index is 11.3. The monoisotopic (exact) mass is 512 g/mol. The number of unbranched alkanes of at least 4 members (excludes halogenated alkanes) is 1. The summed E-state index contributed by atoms with van der Waals surface area (Å²) < 4.78 is 41.3. The van der Waals surface area contributed by atoms with Gasteiger partial charge < -0.3 is 13.9 Å². The lowest BCUT2D eigenvalue weighted by Crippen LogP contribution is -2.19. The largest absolute Gasteiger partial charge is 0.490 e. The zero-order valence-electron chi connectivity index (χ0n) is 18.8. The van der Waals surface area contributed by atoms with Crippen molar-refractivity contribution in [2.75, 3.05) is 17.6 Å². The molecular formula is C23H26Cl2N2O5S. The molecule has 33 heavy (non-hydrogen) atoms. The summed E-state index contributed by atoms with van der Waals surface area (Å²) in [6.07, 6.45) is 4.12. The minimum absolute atomic E-state index is 0.0267. The van der Waals surface area contributed by atoms with E-state index in [0.717, 1.165) is 30.2 Å². The number of anilines is 1. The third kappa shape index (κ3) is 6.56. The van der Waals surface area contributed by atoms with E-state index in [4.69, 9.17) is 37.1 Å². The Morgan fingerprint density at radius 3 is 2.30 bits per heavy atom. The number of hydrogen-bond acceptors (Lipinski definition) is 6. The minimum Gasteiger partial charge on any atom is -0.490 e. The number of oxazole rings is 1. The van der Waals surface area contributed by atoms with Gasteiger partial charge in [0.25, 0.3) is 0 Å². The van der Waals surface area contributed by atoms with Crippen molar-refractivity contribution in [2.45, 2.75) is 39.0 Å². The van der Waals surface area contributed by atoms with E-state index in [-0.39, 0.29) is 12.0 Å². The van der Waals surface area contributed by atoms with Gasteiger partial charge in [-0.25, -0.2) is 8.42 Å². The van der Waals surface area contributed by atoms with E-state index in [1.807, 2.05) is 24.3 Å². The summed E-state index contributed by atoms with van der Waals surface area (Å²) in [4.78, 5) is 3.91. The molecule has 0 atom stereocenters. The first-order chi connectivity index (χ1) is 15.5. The molecule has 0 radical (unpaired) electrons. The zero-order chi connectivity index (χ0) is 24.2. The van der Waals surface area contributed by atoms with Crippen molar-refractivity contribution in [2.24, 2.45) is 0 Å². The molecule has 0 saturated carbocycles. The molecule has 7 nitrogen and oxygen atoms in total. The molecule has 0 unspecified atom stereocenters. The van der Waals surface area contributed by atoms with Crippen molar-refractivity contribution in [3.8, 4) is 17.6 Å². The van der Waals surface area contributed by atoms with Crippen molar-refractivity contribution >= 4 is 39.1 Å². The fourth-order valence-corrected chi connectivity index (χ4v) is 4.18. The highest BCUT2D eigenvalue weighted by atomic mass is 35.5. The highest BCUT2D eigenvalue weighted by Gasteiger charge is 2.26. The van der Waals surface area contributed by atoms with Crippen molar-refractivity contribution in [1.82, 2.24) is 4.98 Å². The lowest BCUT2D eigenvalue weighted by Gasteiger charge is -2.27. The van der Waals surface area contributed by atoms with E-state index in [1.165, 1.54) is 6.20 Å². The van der Waals surface area contributed by atoms with Crippen LogP contribution < -0.4 is 14.2 Å². The molecule has 2 aromatic carbocycles. The van der Waals surface area contributed by atoms with Gasteiger partial charge in [0.05, 0.1) is 29.1 Å². The molecule has 3 rings (SSSR count). The molecule has 0 aliphatic carbocycles. The Kier molecular flexibility index (Phi) is 7.82. The first-order valence-electron chi connectivity index (χ1n) is 10.3. The van der Waals surface area contributed by atoms with Crippen LogP contribution in [0.2, 0.25) is 10.0 Å². The third-order valence-electron chi connectivity index (χ3n) is 5.02. The molecule has 1 N–H and O–H groups in total. The Morgan fingerprint density at radius 2 is 1.73 bits per heavy atom. The van der Waals surface area contributed by atoms with Crippen LogP contribution in [-0.2, 0) is 15.4 Å². The highest BCUT2D eigenvalue weighted by molar-refractivity contribution is 7.92. The van der Waals surface area contributed by atoms with Crippen LogP contribution in [0.4, 0.5) is 5.88 Å². The van der Waals surface area contributed by atoms with Crippen LogP contribution >= 0.6 is 23.2 Å². The average molecular weight is 513 g/mol. The standard InChI is InChI=1S/C23H26Cl2N2O5S/c1-5-6-11-30-21-18(24)12-16(13-19(21)25)23(2,3)15-7-9-17(10-8-15)31-22-26-14-20(32-22)27-33(4,28)29/h7-10,12-14,27H,5-6,11H2,1-4H3. The van der Waals surface area contributed by atoms with E-state index in [2.05, 4.69) is 30.5 Å². The Hall–Kier alpha value is -2.42. The molecule has 0 aliphatic rings. The number of aromatic nitrogens is 1. The second kappa shape index (κ2) is 10.2. The molecule has 0 amide bonds. The van der Waals surface area contributed by atoms with Crippen LogP contribution in [0.3, 0.4) is 0 Å². The number of benzene rings is 2. The predicted molar refractivity (Wildman–Crippen MR) is 130 cm³/mol. The van der Waals surface area contributed by atoms with Crippen molar-refractivity contribution in [1.29, 1.82) is 0 Å². The number of rotatable bonds is 10. The lowest BCUT2D eigenvalue weighted by atomic mass is 9.78. The molecule has 0 aliphatic heterocycles. The quantitative estimate of drug-likeness (QED) is 0.305. The molecule has 1 heterocycles. The molecule has 0 spiro atoms. The SMILES string of the molecule is CCCCOc1c(Cl)cc(C(C)(C)c2ccc(Oc3ncc(NS(C)(=O)=O)o3)cc2)cc1Cl. The Labute approximate surface area is 204 Å². The normalized spacial score (nSPS) is 11.9. The van der Waals surface area contributed by atoms with Crippen LogP contribution in [0.25, 0.3) is 0 Å². The number of hydrogen-bond donors (Lipinski definition) is 1. The molecule has 3 aromatic rings. The van der Waals surface area contributed by atoms with E-state index in [9.17, 15) is 8.42 Å². The van der Waals surface area contributed by atoms with Crippen molar-refractivity contribution in [3.05, 3.63) is 63.8 Å². The topological polar surface area (TPSA) is 90.7 Å². The molecule has 0 bridgehead atoms. The van der Waals surface area contributed by atoms with Crippen LogP contribution in [0.15, 0.2) is 47.0 Å². The molecule has 1 aromatic heterocycles. The Morgan fingerprint density at radius 1 is 1.09 bits per heavy atom. The highest BCUT2D eigenvalue weighted by Crippen LogP contribution is 2.41. The van der Waals surface area contributed by atoms with Gasteiger partial charge in [0.1, 0.15) is 5.75 Å². The van der Waals surface area contributed by atoms with Crippen molar-refractivity contribution in [3.63, 3.8) is 0 Å². The number of halogens is 2. The Bertz CT molecular complexity index is 1180. The van der Waals surface area contributed by atoms with Gasteiger partial charge >= 0.3 is 6.08 Å². The van der Waals surface area contributed by atoms with Crippen molar-refractivity contribution < 1.29 is 22.3 Å². The number of sulfonamides is 1. The van der Waals surface area contributed by atoms with Gasteiger partial charge in [-0.15, -0.1) is 0 Å². The summed E-state index contributed by atoms with van der Waals surface area (Å²) in [7, 11) is -3.47. The minimum atomic E-state index is -3.47. The van der Waals surface area contributed by atoms with E-state index in [0.29, 0.717) is 28.2 Å². The van der Waals surface area contributed by atoms with E-state index < -0.39 is 15.4 Å². The lowest BCUT2D eigenvalue weighted by molar-refractivity contribution is 0.309. The van der Waals surface area contributed by atoms with Gasteiger partial charge in [0.15, 0.2) is 5.75 Å². The maximum atomic E-state index is 11.3. The van der Waals surface area contributed by atoms with Gasteiger partial charge in [-0.3, -0.25) is 4.72 Å². The van der Waals surface area contributed by atoms with E-state index in [1.54, 1.807) is 12.1 Å². The summed E-state index contributed by atoms with van der Waals surface area (Å²) in [5, 5.41) is 0.952.